The molecule has 0 spiro atoms. The van der Waals surface area contributed by atoms with Crippen LogP contribution in [0.15, 0.2) is 18.2 Å². The number of benzene rings is 1. The number of aromatic nitrogens is 3. The van der Waals surface area contributed by atoms with Crippen molar-refractivity contribution in [3.05, 3.63) is 35.7 Å². The summed E-state index contributed by atoms with van der Waals surface area (Å²) in [6, 6.07) is 3.44. The van der Waals surface area contributed by atoms with Gasteiger partial charge in [-0.15, -0.1) is 0 Å². The zero-order valence-electron chi connectivity index (χ0n) is 9.74. The van der Waals surface area contributed by atoms with Crippen molar-refractivity contribution in [2.45, 2.75) is 19.8 Å². The van der Waals surface area contributed by atoms with E-state index in [1.54, 1.807) is 7.05 Å². The first kappa shape index (κ1) is 11.7. The van der Waals surface area contributed by atoms with Crippen LogP contribution in [0, 0.1) is 11.6 Å². The Morgan fingerprint density at radius 3 is 2.71 bits per heavy atom. The van der Waals surface area contributed by atoms with Gasteiger partial charge in [-0.25, -0.2) is 18.4 Å². The van der Waals surface area contributed by atoms with Gasteiger partial charge in [0.1, 0.15) is 11.6 Å². The summed E-state index contributed by atoms with van der Waals surface area (Å²) in [6.07, 6.45) is 1.67. The molecule has 0 amide bonds. The number of aryl methyl sites for hydroxylation is 2. The fraction of sp³-hybridized carbons (Fsp3) is 0.333. The number of hydrogen-bond donors (Lipinski definition) is 0. The van der Waals surface area contributed by atoms with Crippen LogP contribution < -0.4 is 0 Å². The van der Waals surface area contributed by atoms with Gasteiger partial charge in [-0.1, -0.05) is 6.92 Å². The molecule has 0 saturated carbocycles. The maximum absolute atomic E-state index is 13.6. The Kier molecular flexibility index (Phi) is 3.17. The highest BCUT2D eigenvalue weighted by molar-refractivity contribution is 5.56. The zero-order chi connectivity index (χ0) is 12.4. The highest BCUT2D eigenvalue weighted by Gasteiger charge is 2.13. The first-order chi connectivity index (χ1) is 8.11. The standard InChI is InChI=1S/C12H13F2N3/c1-3-4-11-15-12(17(2)16-11)9-6-5-8(13)7-10(9)14/h5-7H,3-4H2,1-2H3. The summed E-state index contributed by atoms with van der Waals surface area (Å²) < 4.78 is 27.9. The maximum Gasteiger partial charge on any atom is 0.161 e. The van der Waals surface area contributed by atoms with E-state index in [2.05, 4.69) is 10.1 Å². The van der Waals surface area contributed by atoms with Crippen molar-refractivity contribution in [2.24, 2.45) is 7.05 Å². The van der Waals surface area contributed by atoms with Crippen LogP contribution in [0.5, 0.6) is 0 Å². The summed E-state index contributed by atoms with van der Waals surface area (Å²) in [7, 11) is 1.70. The van der Waals surface area contributed by atoms with Gasteiger partial charge in [-0.2, -0.15) is 5.10 Å². The third kappa shape index (κ3) is 2.33. The predicted molar refractivity (Wildman–Crippen MR) is 60.4 cm³/mol. The molecule has 2 aromatic rings. The van der Waals surface area contributed by atoms with E-state index in [4.69, 9.17) is 0 Å². The Morgan fingerprint density at radius 2 is 2.06 bits per heavy atom. The van der Waals surface area contributed by atoms with Crippen LogP contribution in [0.2, 0.25) is 0 Å². The van der Waals surface area contributed by atoms with E-state index >= 15 is 0 Å². The second-order valence-corrected chi connectivity index (χ2v) is 3.85. The average molecular weight is 237 g/mol. The summed E-state index contributed by atoms with van der Waals surface area (Å²) in [6.45, 7) is 2.02. The smallest absolute Gasteiger partial charge is 0.161 e. The highest BCUT2D eigenvalue weighted by atomic mass is 19.1. The first-order valence-electron chi connectivity index (χ1n) is 5.47. The van der Waals surface area contributed by atoms with E-state index < -0.39 is 11.6 Å². The SMILES string of the molecule is CCCc1nc(-c2ccc(F)cc2F)n(C)n1. The Hall–Kier alpha value is -1.78. The van der Waals surface area contributed by atoms with Crippen LogP contribution in [-0.4, -0.2) is 14.8 Å². The van der Waals surface area contributed by atoms with Crippen LogP contribution in [0.3, 0.4) is 0 Å². The van der Waals surface area contributed by atoms with Crippen molar-refractivity contribution in [1.82, 2.24) is 14.8 Å². The van der Waals surface area contributed by atoms with E-state index in [0.717, 1.165) is 18.9 Å². The maximum atomic E-state index is 13.6. The van der Waals surface area contributed by atoms with E-state index in [1.807, 2.05) is 6.92 Å². The van der Waals surface area contributed by atoms with Gasteiger partial charge in [-0.3, -0.25) is 0 Å². The summed E-state index contributed by atoms with van der Waals surface area (Å²) in [5.74, 6) is -0.120. The molecule has 0 aliphatic heterocycles. The van der Waals surface area contributed by atoms with Crippen molar-refractivity contribution in [1.29, 1.82) is 0 Å². The highest BCUT2D eigenvalue weighted by Crippen LogP contribution is 2.21. The molecule has 3 nitrogen and oxygen atoms in total. The van der Waals surface area contributed by atoms with Gasteiger partial charge in [0.15, 0.2) is 11.6 Å². The van der Waals surface area contributed by atoms with Crippen molar-refractivity contribution < 1.29 is 8.78 Å². The molecule has 0 fully saturated rings. The van der Waals surface area contributed by atoms with Crippen molar-refractivity contribution in [2.75, 3.05) is 0 Å². The zero-order valence-corrected chi connectivity index (χ0v) is 9.74. The molecule has 0 aliphatic rings. The molecule has 0 bridgehead atoms. The number of halogens is 2. The Balaban J connectivity index is 2.45. The predicted octanol–water partition coefficient (Wildman–Crippen LogP) is 2.71. The molecule has 5 heteroatoms. The van der Waals surface area contributed by atoms with Gasteiger partial charge in [0.2, 0.25) is 0 Å². The van der Waals surface area contributed by atoms with Crippen LogP contribution in [0.25, 0.3) is 11.4 Å². The normalized spacial score (nSPS) is 10.8. The minimum absolute atomic E-state index is 0.267. The number of nitrogens with zero attached hydrogens (tertiary/aromatic N) is 3. The molecule has 1 heterocycles. The first-order valence-corrected chi connectivity index (χ1v) is 5.47. The van der Waals surface area contributed by atoms with Gasteiger partial charge >= 0.3 is 0 Å². The van der Waals surface area contributed by atoms with Crippen LogP contribution in [0.4, 0.5) is 8.78 Å². The van der Waals surface area contributed by atoms with E-state index in [1.165, 1.54) is 16.8 Å². The third-order valence-electron chi connectivity index (χ3n) is 2.45. The van der Waals surface area contributed by atoms with Crippen LogP contribution in [0.1, 0.15) is 19.2 Å². The molecule has 0 unspecified atom stereocenters. The lowest BCUT2D eigenvalue weighted by Gasteiger charge is -2.01. The van der Waals surface area contributed by atoms with Gasteiger partial charge < -0.3 is 0 Å². The molecule has 0 atom stereocenters. The van der Waals surface area contributed by atoms with E-state index in [-0.39, 0.29) is 5.56 Å². The molecular weight excluding hydrogens is 224 g/mol. The van der Waals surface area contributed by atoms with Crippen molar-refractivity contribution >= 4 is 0 Å². The lowest BCUT2D eigenvalue weighted by molar-refractivity contribution is 0.583. The summed E-state index contributed by atoms with van der Waals surface area (Å²) in [4.78, 5) is 4.25. The number of rotatable bonds is 3. The van der Waals surface area contributed by atoms with Gasteiger partial charge in [0.25, 0.3) is 0 Å². The molecule has 0 saturated heterocycles. The quantitative estimate of drug-likeness (QED) is 0.821. The van der Waals surface area contributed by atoms with E-state index in [9.17, 15) is 8.78 Å². The molecule has 0 radical (unpaired) electrons. The Morgan fingerprint density at radius 1 is 1.29 bits per heavy atom. The third-order valence-corrected chi connectivity index (χ3v) is 2.45. The molecule has 17 heavy (non-hydrogen) atoms. The summed E-state index contributed by atoms with van der Waals surface area (Å²) in [5.41, 5.74) is 0.267. The topological polar surface area (TPSA) is 30.7 Å². The second kappa shape index (κ2) is 4.61. The fourth-order valence-corrected chi connectivity index (χ4v) is 1.67. The summed E-state index contributed by atoms with van der Waals surface area (Å²) >= 11 is 0. The number of hydrogen-bond acceptors (Lipinski definition) is 2. The Bertz CT molecular complexity index is 535. The molecule has 1 aromatic carbocycles. The minimum Gasteiger partial charge on any atom is -0.249 e. The molecular formula is C12H13F2N3. The Labute approximate surface area is 98.1 Å². The average Bonchev–Trinajstić information content (AvgIpc) is 2.60. The van der Waals surface area contributed by atoms with Gasteiger partial charge in [0.05, 0.1) is 5.56 Å². The lowest BCUT2D eigenvalue weighted by atomic mass is 10.2. The molecule has 0 N–H and O–H groups in total. The summed E-state index contributed by atoms with van der Waals surface area (Å²) in [5, 5.41) is 4.19. The molecule has 1 aromatic heterocycles. The lowest BCUT2D eigenvalue weighted by Crippen LogP contribution is -1.97. The van der Waals surface area contributed by atoms with Gasteiger partial charge in [-0.05, 0) is 18.6 Å². The van der Waals surface area contributed by atoms with Crippen molar-refractivity contribution in [3.8, 4) is 11.4 Å². The van der Waals surface area contributed by atoms with Crippen molar-refractivity contribution in [3.63, 3.8) is 0 Å². The molecule has 2 rings (SSSR count). The van der Waals surface area contributed by atoms with Gasteiger partial charge in [0, 0.05) is 19.5 Å². The fourth-order valence-electron chi connectivity index (χ4n) is 1.67. The van der Waals surface area contributed by atoms with E-state index in [0.29, 0.717) is 11.6 Å². The largest absolute Gasteiger partial charge is 0.249 e. The monoisotopic (exact) mass is 237 g/mol. The minimum atomic E-state index is -0.622. The molecule has 0 aliphatic carbocycles. The second-order valence-electron chi connectivity index (χ2n) is 3.85. The molecule has 90 valence electrons. The van der Waals surface area contributed by atoms with Crippen LogP contribution in [-0.2, 0) is 13.5 Å². The van der Waals surface area contributed by atoms with Crippen LogP contribution >= 0.6 is 0 Å².